The first-order valence-electron chi connectivity index (χ1n) is 6.36. The highest BCUT2D eigenvalue weighted by molar-refractivity contribution is 7.89. The molecule has 0 aromatic carbocycles. The van der Waals surface area contributed by atoms with Gasteiger partial charge in [0.1, 0.15) is 0 Å². The van der Waals surface area contributed by atoms with E-state index >= 15 is 0 Å². The fourth-order valence-corrected chi connectivity index (χ4v) is 2.81. The Kier molecular flexibility index (Phi) is 5.55. The van der Waals surface area contributed by atoms with Crippen LogP contribution in [0.25, 0.3) is 0 Å². The summed E-state index contributed by atoms with van der Waals surface area (Å²) in [6.45, 7) is 3.86. The molecule has 106 valence electrons. The maximum Gasteiger partial charge on any atom is 0.226 e. The van der Waals surface area contributed by atoms with E-state index in [-0.39, 0.29) is 23.6 Å². The fourth-order valence-electron chi connectivity index (χ4n) is 2.23. The summed E-state index contributed by atoms with van der Waals surface area (Å²) in [5.74, 6) is -0.0920. The number of amides is 1. The van der Waals surface area contributed by atoms with Gasteiger partial charge in [-0.25, -0.2) is 13.1 Å². The van der Waals surface area contributed by atoms with Crippen LogP contribution in [0.15, 0.2) is 0 Å². The molecule has 1 aliphatic rings. The molecule has 1 amide bonds. The van der Waals surface area contributed by atoms with Gasteiger partial charge in [-0.1, -0.05) is 6.92 Å². The van der Waals surface area contributed by atoms with E-state index in [2.05, 4.69) is 15.4 Å². The molecular formula is C11H23N3O3S. The SMILES string of the molecule is CCC1(C(=O)NCCS(=O)(=O)NC)CCNCC1. The quantitative estimate of drug-likeness (QED) is 0.607. The molecule has 1 aliphatic heterocycles. The van der Waals surface area contributed by atoms with Crippen molar-refractivity contribution in [2.45, 2.75) is 26.2 Å². The van der Waals surface area contributed by atoms with Crippen LogP contribution in [-0.2, 0) is 14.8 Å². The van der Waals surface area contributed by atoms with E-state index in [9.17, 15) is 13.2 Å². The summed E-state index contributed by atoms with van der Waals surface area (Å²) in [6.07, 6.45) is 2.42. The molecule has 0 bridgehead atoms. The first-order valence-corrected chi connectivity index (χ1v) is 8.01. The first-order chi connectivity index (χ1) is 8.46. The van der Waals surface area contributed by atoms with Gasteiger partial charge in [-0.15, -0.1) is 0 Å². The lowest BCUT2D eigenvalue weighted by molar-refractivity contribution is -0.132. The van der Waals surface area contributed by atoms with Gasteiger partial charge in [0, 0.05) is 6.54 Å². The molecular weight excluding hydrogens is 254 g/mol. The lowest BCUT2D eigenvalue weighted by Gasteiger charge is -2.35. The van der Waals surface area contributed by atoms with E-state index < -0.39 is 10.0 Å². The maximum atomic E-state index is 12.2. The van der Waals surface area contributed by atoms with Crippen LogP contribution < -0.4 is 15.4 Å². The number of carbonyl (C=O) groups is 1. The Bertz CT molecular complexity index is 375. The Morgan fingerprint density at radius 3 is 2.44 bits per heavy atom. The first kappa shape index (κ1) is 15.4. The fraction of sp³-hybridized carbons (Fsp3) is 0.909. The number of hydrogen-bond acceptors (Lipinski definition) is 4. The van der Waals surface area contributed by atoms with Gasteiger partial charge in [0.05, 0.1) is 11.2 Å². The van der Waals surface area contributed by atoms with Crippen LogP contribution in [0, 0.1) is 5.41 Å². The molecule has 3 N–H and O–H groups in total. The smallest absolute Gasteiger partial charge is 0.226 e. The van der Waals surface area contributed by atoms with Crippen LogP contribution in [0.3, 0.4) is 0 Å². The molecule has 7 heteroatoms. The highest BCUT2D eigenvalue weighted by Crippen LogP contribution is 2.32. The Labute approximate surface area is 109 Å². The molecule has 0 unspecified atom stereocenters. The standard InChI is InChI=1S/C11H23N3O3S/c1-3-11(4-6-13-7-5-11)10(15)14-8-9-18(16,17)12-2/h12-13H,3-9H2,1-2H3,(H,14,15). The number of sulfonamides is 1. The second-order valence-corrected chi connectivity index (χ2v) is 6.71. The number of nitrogens with one attached hydrogen (secondary N) is 3. The summed E-state index contributed by atoms with van der Waals surface area (Å²) in [4.78, 5) is 12.2. The van der Waals surface area contributed by atoms with Crippen molar-refractivity contribution >= 4 is 15.9 Å². The van der Waals surface area contributed by atoms with Crippen molar-refractivity contribution in [2.24, 2.45) is 5.41 Å². The third-order valence-corrected chi connectivity index (χ3v) is 5.05. The Morgan fingerprint density at radius 2 is 1.94 bits per heavy atom. The number of rotatable bonds is 6. The molecule has 1 fully saturated rings. The van der Waals surface area contributed by atoms with Gasteiger partial charge in [-0.2, -0.15) is 0 Å². The lowest BCUT2D eigenvalue weighted by atomic mass is 9.76. The van der Waals surface area contributed by atoms with Gasteiger partial charge >= 0.3 is 0 Å². The predicted molar refractivity (Wildman–Crippen MR) is 70.7 cm³/mol. The van der Waals surface area contributed by atoms with Crippen molar-refractivity contribution in [3.05, 3.63) is 0 Å². The van der Waals surface area contributed by atoms with E-state index in [1.54, 1.807) is 0 Å². The topological polar surface area (TPSA) is 87.3 Å². The molecule has 18 heavy (non-hydrogen) atoms. The zero-order chi connectivity index (χ0) is 13.6. The summed E-state index contributed by atoms with van der Waals surface area (Å²) >= 11 is 0. The van der Waals surface area contributed by atoms with Crippen LogP contribution in [0.1, 0.15) is 26.2 Å². The van der Waals surface area contributed by atoms with Crippen molar-refractivity contribution < 1.29 is 13.2 Å². The van der Waals surface area contributed by atoms with Crippen LogP contribution in [-0.4, -0.2) is 46.8 Å². The van der Waals surface area contributed by atoms with Gasteiger partial charge in [-0.3, -0.25) is 4.79 Å². The summed E-state index contributed by atoms with van der Waals surface area (Å²) in [5, 5.41) is 5.98. The minimum atomic E-state index is -3.25. The monoisotopic (exact) mass is 277 g/mol. The highest BCUT2D eigenvalue weighted by Gasteiger charge is 2.37. The summed E-state index contributed by atoms with van der Waals surface area (Å²) in [7, 11) is -1.88. The van der Waals surface area contributed by atoms with E-state index in [0.717, 1.165) is 32.4 Å². The highest BCUT2D eigenvalue weighted by atomic mass is 32.2. The second kappa shape index (κ2) is 6.49. The second-order valence-electron chi connectivity index (χ2n) is 4.66. The predicted octanol–water partition coefficient (Wildman–Crippen LogP) is -0.568. The third kappa shape index (κ3) is 3.93. The molecule has 1 rings (SSSR count). The molecule has 0 aliphatic carbocycles. The van der Waals surface area contributed by atoms with Gasteiger partial charge in [-0.05, 0) is 39.4 Å². The molecule has 6 nitrogen and oxygen atoms in total. The third-order valence-electron chi connectivity index (χ3n) is 3.69. The largest absolute Gasteiger partial charge is 0.355 e. The van der Waals surface area contributed by atoms with E-state index in [4.69, 9.17) is 0 Å². The summed E-state index contributed by atoms with van der Waals surface area (Å²) < 4.78 is 24.7. The Balaban J connectivity index is 2.48. The minimum absolute atomic E-state index is 0.0159. The number of hydrogen-bond donors (Lipinski definition) is 3. The Morgan fingerprint density at radius 1 is 1.33 bits per heavy atom. The van der Waals surface area contributed by atoms with Gasteiger partial charge < -0.3 is 10.6 Å². The van der Waals surface area contributed by atoms with Crippen LogP contribution in [0.5, 0.6) is 0 Å². The van der Waals surface area contributed by atoms with Gasteiger partial charge in [0.2, 0.25) is 15.9 Å². The molecule has 0 spiro atoms. The lowest BCUT2D eigenvalue weighted by Crippen LogP contribution is -2.48. The van der Waals surface area contributed by atoms with E-state index in [0.29, 0.717) is 0 Å². The van der Waals surface area contributed by atoms with Crippen molar-refractivity contribution in [3.63, 3.8) is 0 Å². The van der Waals surface area contributed by atoms with E-state index in [1.807, 2.05) is 6.92 Å². The Hall–Kier alpha value is -0.660. The average Bonchev–Trinajstić information content (AvgIpc) is 2.39. The van der Waals surface area contributed by atoms with Gasteiger partial charge in [0.25, 0.3) is 0 Å². The zero-order valence-corrected chi connectivity index (χ0v) is 11.9. The molecule has 0 aromatic heterocycles. The molecule has 0 aromatic rings. The molecule has 1 saturated heterocycles. The van der Waals surface area contributed by atoms with E-state index in [1.165, 1.54) is 7.05 Å². The summed E-state index contributed by atoms with van der Waals surface area (Å²) in [5.41, 5.74) is -0.325. The number of piperidine rings is 1. The van der Waals surface area contributed by atoms with Crippen molar-refractivity contribution in [1.29, 1.82) is 0 Å². The average molecular weight is 277 g/mol. The molecule has 0 radical (unpaired) electrons. The van der Waals surface area contributed by atoms with Gasteiger partial charge in [0.15, 0.2) is 0 Å². The molecule has 0 atom stereocenters. The van der Waals surface area contributed by atoms with Crippen molar-refractivity contribution in [2.75, 3.05) is 32.4 Å². The van der Waals surface area contributed by atoms with Crippen LogP contribution >= 0.6 is 0 Å². The maximum absolute atomic E-state index is 12.2. The van der Waals surface area contributed by atoms with Crippen molar-refractivity contribution in [1.82, 2.24) is 15.4 Å². The number of carbonyl (C=O) groups excluding carboxylic acids is 1. The molecule has 0 saturated carbocycles. The minimum Gasteiger partial charge on any atom is -0.355 e. The summed E-state index contributed by atoms with van der Waals surface area (Å²) in [6, 6.07) is 0. The van der Waals surface area contributed by atoms with Crippen LogP contribution in [0.4, 0.5) is 0 Å². The van der Waals surface area contributed by atoms with Crippen LogP contribution in [0.2, 0.25) is 0 Å². The zero-order valence-electron chi connectivity index (χ0n) is 11.1. The normalized spacial score (nSPS) is 19.4. The van der Waals surface area contributed by atoms with Crippen molar-refractivity contribution in [3.8, 4) is 0 Å². The molecule has 1 heterocycles.